The van der Waals surface area contributed by atoms with Gasteiger partial charge >= 0.3 is 11.4 Å². The zero-order valence-electron chi connectivity index (χ0n) is 13.8. The van der Waals surface area contributed by atoms with Crippen molar-refractivity contribution in [3.05, 3.63) is 68.5 Å². The predicted octanol–water partition coefficient (Wildman–Crippen LogP) is 1.38. The number of benzene rings is 1. The van der Waals surface area contributed by atoms with Gasteiger partial charge in [0, 0.05) is 38.3 Å². The van der Waals surface area contributed by atoms with E-state index in [1.807, 2.05) is 13.8 Å². The second kappa shape index (κ2) is 9.15. The van der Waals surface area contributed by atoms with E-state index in [0.717, 1.165) is 32.1 Å². The molecule has 0 amide bonds. The smallest absolute Gasteiger partial charge is 0.347 e. The Labute approximate surface area is 167 Å². The molecule has 1 unspecified atom stereocenters. The van der Waals surface area contributed by atoms with Crippen LogP contribution in [0.2, 0.25) is 0 Å². The molecule has 1 aromatic carbocycles. The summed E-state index contributed by atoms with van der Waals surface area (Å²) in [6.07, 6.45) is 4.65. The molecule has 1 atom stereocenters. The maximum absolute atomic E-state index is 13.7. The molecule has 0 fully saturated rings. The normalized spacial score (nSPS) is 14.8. The fraction of sp³-hybridized carbons (Fsp3) is 0.312. The minimum atomic E-state index is -1.01. The standard InChI is InChI=1S/C14H10F2N3O3.C2H6.Y/c15-10-3-4-12(16)9(6-10)7-17-13(21)18-5-1-2-11(8-20)19(18)14(17)22;1-2;/h1-4,6,11H,5,7H2;1-2H3;/q-1;;. The van der Waals surface area contributed by atoms with E-state index in [9.17, 15) is 23.2 Å². The summed E-state index contributed by atoms with van der Waals surface area (Å²) in [5.74, 6) is -1.40. The van der Waals surface area contributed by atoms with Crippen molar-refractivity contribution in [2.75, 3.05) is 0 Å². The van der Waals surface area contributed by atoms with Gasteiger partial charge in [-0.3, -0.25) is 4.68 Å². The van der Waals surface area contributed by atoms with Gasteiger partial charge in [-0.25, -0.2) is 33.9 Å². The first kappa shape index (κ1) is 21.4. The van der Waals surface area contributed by atoms with Crippen LogP contribution in [0, 0.1) is 11.6 Å². The first-order valence-electron chi connectivity index (χ1n) is 7.43. The summed E-state index contributed by atoms with van der Waals surface area (Å²) in [6, 6.07) is 1.78. The number of fused-ring (bicyclic) bond motifs is 1. The molecule has 1 aliphatic rings. The van der Waals surface area contributed by atoms with E-state index in [1.54, 1.807) is 12.4 Å². The number of aromatic nitrogens is 3. The van der Waals surface area contributed by atoms with Crippen LogP contribution >= 0.6 is 0 Å². The maximum atomic E-state index is 13.7. The van der Waals surface area contributed by atoms with E-state index in [-0.39, 0.29) is 44.8 Å². The maximum Gasteiger partial charge on any atom is 0.347 e. The fourth-order valence-corrected chi connectivity index (χ4v) is 2.41. The number of allylic oxidation sites excluding steroid dienone is 2. The molecule has 1 aromatic heterocycles. The van der Waals surface area contributed by atoms with Crippen molar-refractivity contribution in [2.24, 2.45) is 0 Å². The SMILES string of the molecule is CC.O=[C-]C1C=CCn2c(=O)n(Cc3cc(F)ccc3F)c(=O)n21.[Y]. The summed E-state index contributed by atoms with van der Waals surface area (Å²) in [4.78, 5) is 35.4. The summed E-state index contributed by atoms with van der Waals surface area (Å²) >= 11 is 0. The molecule has 0 bridgehead atoms. The summed E-state index contributed by atoms with van der Waals surface area (Å²) in [5.41, 5.74) is -1.59. The average molecular weight is 425 g/mol. The van der Waals surface area contributed by atoms with E-state index >= 15 is 0 Å². The van der Waals surface area contributed by atoms with Gasteiger partial charge in [0.2, 0.25) is 0 Å². The van der Waals surface area contributed by atoms with Gasteiger partial charge in [-0.2, -0.15) is 0 Å². The van der Waals surface area contributed by atoms with Crippen LogP contribution in [0.4, 0.5) is 8.78 Å². The third-order valence-electron chi connectivity index (χ3n) is 3.46. The number of nitrogens with zero attached hydrogens (tertiary/aromatic N) is 3. The Bertz CT molecular complexity index is 899. The number of halogens is 2. The predicted molar refractivity (Wildman–Crippen MR) is 83.6 cm³/mol. The van der Waals surface area contributed by atoms with Crippen molar-refractivity contribution in [1.29, 1.82) is 0 Å². The summed E-state index contributed by atoms with van der Waals surface area (Å²) in [6.45, 7) is 3.70. The molecule has 2 aromatic rings. The van der Waals surface area contributed by atoms with Crippen LogP contribution in [0.5, 0.6) is 0 Å². The van der Waals surface area contributed by atoms with E-state index in [0.29, 0.717) is 0 Å². The zero-order valence-corrected chi connectivity index (χ0v) is 16.6. The number of hydrogen-bond donors (Lipinski definition) is 0. The van der Waals surface area contributed by atoms with Gasteiger partial charge < -0.3 is 4.79 Å². The van der Waals surface area contributed by atoms with Gasteiger partial charge in [-0.05, 0) is 24.2 Å². The Morgan fingerprint density at radius 3 is 2.52 bits per heavy atom. The molecule has 131 valence electrons. The molecule has 0 N–H and O–H groups in total. The van der Waals surface area contributed by atoms with Gasteiger partial charge in [0.15, 0.2) is 0 Å². The minimum Gasteiger partial charge on any atom is -0.539 e. The Morgan fingerprint density at radius 2 is 1.88 bits per heavy atom. The number of carbonyl (C=O) groups excluding carboxylic acids is 1. The summed E-state index contributed by atoms with van der Waals surface area (Å²) in [5, 5.41) is 0. The molecule has 6 nitrogen and oxygen atoms in total. The van der Waals surface area contributed by atoms with Crippen molar-refractivity contribution in [3.8, 4) is 0 Å². The second-order valence-corrected chi connectivity index (χ2v) is 4.80. The largest absolute Gasteiger partial charge is 0.539 e. The van der Waals surface area contributed by atoms with Crippen molar-refractivity contribution >= 4 is 6.29 Å². The molecule has 2 heterocycles. The third kappa shape index (κ3) is 4.12. The van der Waals surface area contributed by atoms with Crippen molar-refractivity contribution in [2.45, 2.75) is 33.0 Å². The van der Waals surface area contributed by atoms with Gasteiger partial charge in [-0.15, -0.1) is 0 Å². The zero-order chi connectivity index (χ0) is 17.9. The Balaban J connectivity index is 0.00000101. The van der Waals surface area contributed by atoms with Crippen LogP contribution < -0.4 is 11.4 Å². The van der Waals surface area contributed by atoms with Crippen LogP contribution in [0.3, 0.4) is 0 Å². The minimum absolute atomic E-state index is 0. The molecule has 3 rings (SSSR count). The van der Waals surface area contributed by atoms with Crippen molar-refractivity contribution in [3.63, 3.8) is 0 Å². The van der Waals surface area contributed by atoms with Crippen LogP contribution in [0.1, 0.15) is 25.5 Å². The first-order chi connectivity index (χ1) is 11.5. The van der Waals surface area contributed by atoms with E-state index in [1.165, 1.54) is 6.08 Å². The van der Waals surface area contributed by atoms with Gasteiger partial charge in [0.1, 0.15) is 11.6 Å². The van der Waals surface area contributed by atoms with Crippen molar-refractivity contribution in [1.82, 2.24) is 13.9 Å². The average Bonchev–Trinajstić information content (AvgIpc) is 2.85. The van der Waals surface area contributed by atoms with Crippen LogP contribution in [0.25, 0.3) is 0 Å². The Hall–Kier alpha value is -1.67. The molecule has 9 heteroatoms. The molecule has 25 heavy (non-hydrogen) atoms. The van der Waals surface area contributed by atoms with Crippen LogP contribution in [0.15, 0.2) is 39.9 Å². The van der Waals surface area contributed by atoms with E-state index in [4.69, 9.17) is 0 Å². The summed E-state index contributed by atoms with van der Waals surface area (Å²) < 4.78 is 29.6. The molecule has 0 aliphatic carbocycles. The van der Waals surface area contributed by atoms with Gasteiger partial charge in [0.25, 0.3) is 0 Å². The molecular weight excluding hydrogens is 409 g/mol. The second-order valence-electron chi connectivity index (χ2n) is 4.80. The van der Waals surface area contributed by atoms with Crippen molar-refractivity contribution < 1.29 is 46.3 Å². The molecule has 0 spiro atoms. The number of hydrogen-bond acceptors (Lipinski definition) is 3. The molecular formula is C16H16F2N3O3Y-. The molecule has 0 saturated heterocycles. The number of rotatable bonds is 3. The van der Waals surface area contributed by atoms with Crippen LogP contribution in [-0.2, 0) is 50.6 Å². The Kier molecular flexibility index (Phi) is 7.82. The first-order valence-corrected chi connectivity index (χ1v) is 7.43. The van der Waals surface area contributed by atoms with E-state index < -0.39 is 35.6 Å². The molecule has 1 radical (unpaired) electrons. The van der Waals surface area contributed by atoms with Gasteiger partial charge in [0.05, 0.1) is 13.1 Å². The van der Waals surface area contributed by atoms with E-state index in [2.05, 4.69) is 0 Å². The monoisotopic (exact) mass is 425 g/mol. The third-order valence-corrected chi connectivity index (χ3v) is 3.46. The molecule has 0 saturated carbocycles. The van der Waals surface area contributed by atoms with Crippen LogP contribution in [-0.4, -0.2) is 20.2 Å². The summed E-state index contributed by atoms with van der Waals surface area (Å²) in [7, 11) is 0. The molecule has 1 aliphatic heterocycles. The van der Waals surface area contributed by atoms with Gasteiger partial charge in [-0.1, -0.05) is 26.0 Å². The topological polar surface area (TPSA) is 66.0 Å². The fourth-order valence-electron chi connectivity index (χ4n) is 2.41. The quantitative estimate of drug-likeness (QED) is 0.552. The Morgan fingerprint density at radius 1 is 1.20 bits per heavy atom.